The van der Waals surface area contributed by atoms with Gasteiger partial charge in [-0.1, -0.05) is 31.0 Å². The summed E-state index contributed by atoms with van der Waals surface area (Å²) < 4.78 is 1.28. The molecule has 2 heteroatoms. The Kier molecular flexibility index (Phi) is 2.97. The van der Waals surface area contributed by atoms with Gasteiger partial charge in [0, 0.05) is 9.78 Å². The van der Waals surface area contributed by atoms with Gasteiger partial charge in [-0.15, -0.1) is 11.3 Å². The minimum Gasteiger partial charge on any atom is -0.134 e. The standard InChI is InChI=1S/C9H10S2/c1-4-7(2)10-9-6-5-8(3)11-9/h4-6H,1-2H2,3H3. The van der Waals surface area contributed by atoms with Crippen LogP contribution in [-0.4, -0.2) is 0 Å². The summed E-state index contributed by atoms with van der Waals surface area (Å²) in [5, 5.41) is 0. The van der Waals surface area contributed by atoms with Gasteiger partial charge in [0.1, 0.15) is 0 Å². The zero-order chi connectivity index (χ0) is 8.27. The predicted molar refractivity (Wildman–Crippen MR) is 54.3 cm³/mol. The minimum atomic E-state index is 1.01. The molecule has 0 aliphatic heterocycles. The van der Waals surface area contributed by atoms with Crippen LogP contribution in [0.2, 0.25) is 0 Å². The first-order valence-corrected chi connectivity index (χ1v) is 4.91. The summed E-state index contributed by atoms with van der Waals surface area (Å²) in [5.41, 5.74) is 0. The van der Waals surface area contributed by atoms with Crippen LogP contribution in [0.5, 0.6) is 0 Å². The van der Waals surface area contributed by atoms with Crippen molar-refractivity contribution >= 4 is 23.1 Å². The molecule has 1 heterocycles. The van der Waals surface area contributed by atoms with Gasteiger partial charge in [0.25, 0.3) is 0 Å². The van der Waals surface area contributed by atoms with Crippen molar-refractivity contribution < 1.29 is 0 Å². The zero-order valence-electron chi connectivity index (χ0n) is 6.46. The first-order chi connectivity index (χ1) is 5.22. The largest absolute Gasteiger partial charge is 0.134 e. The van der Waals surface area contributed by atoms with Gasteiger partial charge in [-0.2, -0.15) is 0 Å². The Balaban J connectivity index is 2.64. The molecule has 0 radical (unpaired) electrons. The fraction of sp³-hybridized carbons (Fsp3) is 0.111. The van der Waals surface area contributed by atoms with Crippen LogP contribution in [0.25, 0.3) is 0 Å². The van der Waals surface area contributed by atoms with E-state index in [0.717, 1.165) is 4.91 Å². The van der Waals surface area contributed by atoms with Crippen molar-refractivity contribution in [2.45, 2.75) is 11.1 Å². The predicted octanol–water partition coefficient (Wildman–Crippen LogP) is 3.85. The molecule has 0 spiro atoms. The van der Waals surface area contributed by atoms with E-state index in [9.17, 15) is 0 Å². The van der Waals surface area contributed by atoms with Gasteiger partial charge < -0.3 is 0 Å². The molecule has 0 aliphatic rings. The summed E-state index contributed by atoms with van der Waals surface area (Å²) in [7, 11) is 0. The van der Waals surface area contributed by atoms with E-state index in [1.807, 2.05) is 0 Å². The number of hydrogen-bond acceptors (Lipinski definition) is 2. The Morgan fingerprint density at radius 3 is 2.82 bits per heavy atom. The summed E-state index contributed by atoms with van der Waals surface area (Å²) in [6.45, 7) is 9.58. The number of thiophene rings is 1. The maximum absolute atomic E-state index is 3.83. The third kappa shape index (κ3) is 2.56. The lowest BCUT2D eigenvalue weighted by Gasteiger charge is -1.93. The molecule has 0 atom stereocenters. The van der Waals surface area contributed by atoms with Crippen LogP contribution < -0.4 is 0 Å². The van der Waals surface area contributed by atoms with Crippen molar-refractivity contribution in [1.82, 2.24) is 0 Å². The molecule has 0 nitrogen and oxygen atoms in total. The second-order valence-electron chi connectivity index (χ2n) is 2.14. The van der Waals surface area contributed by atoms with E-state index in [4.69, 9.17) is 0 Å². The quantitative estimate of drug-likeness (QED) is 0.505. The lowest BCUT2D eigenvalue weighted by molar-refractivity contribution is 1.63. The van der Waals surface area contributed by atoms with Crippen LogP contribution in [0.3, 0.4) is 0 Å². The molecular formula is C9H10S2. The second-order valence-corrected chi connectivity index (χ2v) is 4.85. The molecule has 0 fully saturated rings. The Morgan fingerprint density at radius 1 is 1.64 bits per heavy atom. The number of aryl methyl sites for hydroxylation is 1. The molecule has 0 saturated carbocycles. The van der Waals surface area contributed by atoms with Crippen LogP contribution in [0.4, 0.5) is 0 Å². The molecule has 0 N–H and O–H groups in total. The van der Waals surface area contributed by atoms with E-state index in [1.54, 1.807) is 29.2 Å². The van der Waals surface area contributed by atoms with Gasteiger partial charge in [-0.3, -0.25) is 0 Å². The highest BCUT2D eigenvalue weighted by molar-refractivity contribution is 8.04. The summed E-state index contributed by atoms with van der Waals surface area (Å²) in [4.78, 5) is 2.34. The van der Waals surface area contributed by atoms with Crippen molar-refractivity contribution in [1.29, 1.82) is 0 Å². The van der Waals surface area contributed by atoms with Gasteiger partial charge in [0.2, 0.25) is 0 Å². The Labute approximate surface area is 75.6 Å². The lowest BCUT2D eigenvalue weighted by atomic mass is 10.5. The third-order valence-electron chi connectivity index (χ3n) is 1.18. The van der Waals surface area contributed by atoms with Gasteiger partial charge >= 0.3 is 0 Å². The zero-order valence-corrected chi connectivity index (χ0v) is 8.10. The van der Waals surface area contributed by atoms with Crippen molar-refractivity contribution in [3.05, 3.63) is 41.1 Å². The van der Waals surface area contributed by atoms with Crippen molar-refractivity contribution in [3.8, 4) is 0 Å². The van der Waals surface area contributed by atoms with Crippen LogP contribution in [-0.2, 0) is 0 Å². The Morgan fingerprint density at radius 2 is 2.36 bits per heavy atom. The Bertz CT molecular complexity index is 271. The average molecular weight is 182 g/mol. The van der Waals surface area contributed by atoms with Gasteiger partial charge in [-0.25, -0.2) is 0 Å². The number of thioether (sulfide) groups is 1. The van der Waals surface area contributed by atoms with E-state index in [1.165, 1.54) is 9.09 Å². The second kappa shape index (κ2) is 3.79. The number of allylic oxidation sites excluding steroid dienone is 1. The van der Waals surface area contributed by atoms with Crippen LogP contribution in [0.15, 0.2) is 40.5 Å². The SMILES string of the molecule is C=CC(=C)Sc1ccc(C)s1. The highest BCUT2D eigenvalue weighted by Gasteiger charge is 1.96. The fourth-order valence-electron chi connectivity index (χ4n) is 0.638. The van der Waals surface area contributed by atoms with E-state index < -0.39 is 0 Å². The molecule has 0 unspecified atom stereocenters. The molecule has 1 rings (SSSR count). The molecule has 11 heavy (non-hydrogen) atoms. The summed E-state index contributed by atoms with van der Waals surface area (Å²) in [5.74, 6) is 0. The fourth-order valence-corrected chi connectivity index (χ4v) is 2.59. The monoisotopic (exact) mass is 182 g/mol. The number of hydrogen-bond donors (Lipinski definition) is 0. The molecule has 0 saturated heterocycles. The van der Waals surface area contributed by atoms with Crippen molar-refractivity contribution in [2.75, 3.05) is 0 Å². The Hall–Kier alpha value is -0.470. The molecule has 0 aromatic carbocycles. The summed E-state index contributed by atoms with van der Waals surface area (Å²) >= 11 is 3.46. The maximum Gasteiger partial charge on any atom is 0.0648 e. The first-order valence-electron chi connectivity index (χ1n) is 3.28. The summed E-state index contributed by atoms with van der Waals surface area (Å²) in [6.07, 6.45) is 1.78. The van der Waals surface area contributed by atoms with E-state index in [2.05, 4.69) is 32.2 Å². The topological polar surface area (TPSA) is 0 Å². The molecule has 0 amide bonds. The molecular weight excluding hydrogens is 172 g/mol. The molecule has 1 aromatic heterocycles. The van der Waals surface area contributed by atoms with Gasteiger partial charge in [0.15, 0.2) is 0 Å². The van der Waals surface area contributed by atoms with Crippen molar-refractivity contribution in [2.24, 2.45) is 0 Å². The van der Waals surface area contributed by atoms with E-state index >= 15 is 0 Å². The minimum absolute atomic E-state index is 1.01. The highest BCUT2D eigenvalue weighted by atomic mass is 32.2. The van der Waals surface area contributed by atoms with E-state index in [0.29, 0.717) is 0 Å². The molecule has 0 bridgehead atoms. The third-order valence-corrected chi connectivity index (χ3v) is 3.24. The van der Waals surface area contributed by atoms with Crippen molar-refractivity contribution in [3.63, 3.8) is 0 Å². The number of rotatable bonds is 3. The summed E-state index contributed by atoms with van der Waals surface area (Å²) in [6, 6.07) is 4.22. The van der Waals surface area contributed by atoms with Gasteiger partial charge in [-0.05, 0) is 19.1 Å². The molecule has 1 aromatic rings. The lowest BCUT2D eigenvalue weighted by Crippen LogP contribution is -1.60. The molecule has 0 aliphatic carbocycles. The molecule has 58 valence electrons. The first kappa shape index (κ1) is 8.62. The maximum atomic E-state index is 3.83. The van der Waals surface area contributed by atoms with Crippen LogP contribution in [0.1, 0.15) is 4.88 Å². The normalized spacial score (nSPS) is 9.55. The average Bonchev–Trinajstić information content (AvgIpc) is 2.35. The van der Waals surface area contributed by atoms with Crippen LogP contribution >= 0.6 is 23.1 Å². The smallest absolute Gasteiger partial charge is 0.0648 e. The van der Waals surface area contributed by atoms with E-state index in [-0.39, 0.29) is 0 Å². The highest BCUT2D eigenvalue weighted by Crippen LogP contribution is 2.31. The van der Waals surface area contributed by atoms with Crippen LogP contribution in [0, 0.1) is 6.92 Å². The van der Waals surface area contributed by atoms with Gasteiger partial charge in [0.05, 0.1) is 4.21 Å².